The normalized spacial score (nSPS) is 9.72. The average molecular weight is 264 g/mol. The Hall–Kier alpha value is -1.31. The van der Waals surface area contributed by atoms with Crippen molar-refractivity contribution in [1.82, 2.24) is 4.90 Å². The molecule has 0 aromatic carbocycles. The van der Waals surface area contributed by atoms with Crippen molar-refractivity contribution in [2.45, 2.75) is 26.7 Å². The minimum atomic E-state index is 0.115. The quantitative estimate of drug-likeness (QED) is 0.830. The Balaban J connectivity index is 2.78. The number of nitrogens with two attached hydrogens (primary N) is 1. The summed E-state index contributed by atoms with van der Waals surface area (Å²) in [7, 11) is 0. The zero-order valence-electron chi connectivity index (χ0n) is 11.0. The second-order valence-electron chi connectivity index (χ2n) is 3.96. The van der Waals surface area contributed by atoms with Crippen LogP contribution in [0.25, 0.3) is 0 Å². The number of amides is 1. The Labute approximate surface area is 113 Å². The van der Waals surface area contributed by atoms with E-state index in [9.17, 15) is 4.79 Å². The maximum absolute atomic E-state index is 12.3. The zero-order valence-corrected chi connectivity index (χ0v) is 11.8. The van der Waals surface area contributed by atoms with Gasteiger partial charge in [0.1, 0.15) is 0 Å². The van der Waals surface area contributed by atoms with Gasteiger partial charge in [-0.05, 0) is 25.0 Å². The van der Waals surface area contributed by atoms with Crippen LogP contribution in [0, 0.1) is 11.8 Å². The second-order valence-corrected chi connectivity index (χ2v) is 5.05. The molecule has 1 heterocycles. The summed E-state index contributed by atoms with van der Waals surface area (Å²) in [6, 6.07) is 3.74. The van der Waals surface area contributed by atoms with E-state index in [4.69, 9.17) is 5.73 Å². The van der Waals surface area contributed by atoms with E-state index in [0.29, 0.717) is 6.54 Å². The molecule has 2 N–H and O–H groups in total. The van der Waals surface area contributed by atoms with Crippen molar-refractivity contribution in [2.24, 2.45) is 5.73 Å². The van der Waals surface area contributed by atoms with Crippen LogP contribution in [0.15, 0.2) is 12.1 Å². The Kier molecular flexibility index (Phi) is 6.48. The number of hydrogen-bond donors (Lipinski definition) is 1. The maximum atomic E-state index is 12.3. The smallest absolute Gasteiger partial charge is 0.263 e. The zero-order chi connectivity index (χ0) is 13.4. The number of hydrogen-bond acceptors (Lipinski definition) is 3. The van der Waals surface area contributed by atoms with Crippen LogP contribution < -0.4 is 5.73 Å². The average Bonchev–Trinajstić information content (AvgIpc) is 2.84. The number of rotatable bonds is 5. The molecule has 1 rings (SSSR count). The summed E-state index contributed by atoms with van der Waals surface area (Å²) in [6.07, 6.45) is 1.97. The molecule has 18 heavy (non-hydrogen) atoms. The molecule has 0 unspecified atom stereocenters. The summed E-state index contributed by atoms with van der Waals surface area (Å²) >= 11 is 1.44. The summed E-state index contributed by atoms with van der Waals surface area (Å²) in [4.78, 5) is 15.8. The molecule has 0 aliphatic rings. The molecule has 0 saturated carbocycles. The molecule has 0 spiro atoms. The third kappa shape index (κ3) is 4.17. The van der Waals surface area contributed by atoms with Gasteiger partial charge in [0.2, 0.25) is 0 Å². The van der Waals surface area contributed by atoms with Crippen molar-refractivity contribution in [3.05, 3.63) is 21.9 Å². The molecule has 0 aliphatic heterocycles. The van der Waals surface area contributed by atoms with Crippen LogP contribution in [0.2, 0.25) is 0 Å². The van der Waals surface area contributed by atoms with Gasteiger partial charge in [-0.1, -0.05) is 25.7 Å². The van der Waals surface area contributed by atoms with E-state index in [1.54, 1.807) is 0 Å². The number of carbonyl (C=O) groups is 1. The fourth-order valence-electron chi connectivity index (χ4n) is 1.67. The molecule has 0 atom stereocenters. The molecular weight excluding hydrogens is 244 g/mol. The van der Waals surface area contributed by atoms with E-state index in [2.05, 4.69) is 25.7 Å². The molecule has 0 aliphatic carbocycles. The number of nitrogens with zero attached hydrogens (tertiary/aromatic N) is 1. The molecule has 0 radical (unpaired) electrons. The van der Waals surface area contributed by atoms with E-state index in [1.165, 1.54) is 11.3 Å². The Morgan fingerprint density at radius 1 is 1.33 bits per heavy atom. The van der Waals surface area contributed by atoms with Gasteiger partial charge in [0, 0.05) is 13.1 Å². The van der Waals surface area contributed by atoms with Crippen molar-refractivity contribution in [2.75, 3.05) is 19.6 Å². The standard InChI is InChI=1S/C14H20N2OS/c1-3-10-16(11-4-2)14(17)13-8-7-12(18-13)6-5-9-15/h7-8H,3-4,9-11,15H2,1-2H3. The minimum absolute atomic E-state index is 0.115. The monoisotopic (exact) mass is 264 g/mol. The highest BCUT2D eigenvalue weighted by atomic mass is 32.1. The highest BCUT2D eigenvalue weighted by Crippen LogP contribution is 2.18. The predicted octanol–water partition coefficient (Wildman–Crippen LogP) is 2.32. The third-order valence-corrected chi connectivity index (χ3v) is 3.39. The third-order valence-electron chi connectivity index (χ3n) is 2.40. The van der Waals surface area contributed by atoms with Gasteiger partial charge in [0.05, 0.1) is 16.3 Å². The van der Waals surface area contributed by atoms with Gasteiger partial charge >= 0.3 is 0 Å². The van der Waals surface area contributed by atoms with E-state index < -0.39 is 0 Å². The Morgan fingerprint density at radius 3 is 2.56 bits per heavy atom. The van der Waals surface area contributed by atoms with Crippen LogP contribution in [0.4, 0.5) is 0 Å². The van der Waals surface area contributed by atoms with E-state index in [0.717, 1.165) is 35.7 Å². The molecule has 0 fully saturated rings. The van der Waals surface area contributed by atoms with Crippen LogP contribution in [-0.2, 0) is 0 Å². The Bertz CT molecular complexity index is 436. The summed E-state index contributed by atoms with van der Waals surface area (Å²) in [5.74, 6) is 5.87. The largest absolute Gasteiger partial charge is 0.338 e. The van der Waals surface area contributed by atoms with Crippen LogP contribution in [0.3, 0.4) is 0 Å². The van der Waals surface area contributed by atoms with Crippen molar-refractivity contribution < 1.29 is 4.79 Å². The van der Waals surface area contributed by atoms with Gasteiger partial charge in [-0.15, -0.1) is 11.3 Å². The van der Waals surface area contributed by atoms with Crippen molar-refractivity contribution >= 4 is 17.2 Å². The first-order valence-electron chi connectivity index (χ1n) is 6.31. The van der Waals surface area contributed by atoms with Gasteiger partial charge in [-0.2, -0.15) is 0 Å². The first kappa shape index (κ1) is 14.7. The van der Waals surface area contributed by atoms with Crippen LogP contribution >= 0.6 is 11.3 Å². The maximum Gasteiger partial charge on any atom is 0.263 e. The Morgan fingerprint density at radius 2 is 2.00 bits per heavy atom. The van der Waals surface area contributed by atoms with Gasteiger partial charge in [0.25, 0.3) is 5.91 Å². The van der Waals surface area contributed by atoms with Crippen LogP contribution in [0.5, 0.6) is 0 Å². The summed E-state index contributed by atoms with van der Waals surface area (Å²) < 4.78 is 0. The fraction of sp³-hybridized carbons (Fsp3) is 0.500. The number of carbonyl (C=O) groups excluding carboxylic acids is 1. The fourth-order valence-corrected chi connectivity index (χ4v) is 2.52. The molecule has 0 saturated heterocycles. The molecule has 3 nitrogen and oxygen atoms in total. The highest BCUT2D eigenvalue weighted by Gasteiger charge is 2.15. The lowest BCUT2D eigenvalue weighted by Gasteiger charge is -2.20. The molecule has 4 heteroatoms. The van der Waals surface area contributed by atoms with Gasteiger partial charge < -0.3 is 10.6 Å². The topological polar surface area (TPSA) is 46.3 Å². The molecule has 1 aromatic heterocycles. The van der Waals surface area contributed by atoms with E-state index in [1.807, 2.05) is 17.0 Å². The lowest BCUT2D eigenvalue weighted by atomic mass is 10.3. The van der Waals surface area contributed by atoms with Crippen molar-refractivity contribution in [3.63, 3.8) is 0 Å². The predicted molar refractivity (Wildman–Crippen MR) is 76.7 cm³/mol. The molecule has 1 aromatic rings. The SMILES string of the molecule is CCCN(CCC)C(=O)c1ccc(C#CCN)s1. The summed E-state index contributed by atoms with van der Waals surface area (Å²) in [5.41, 5.74) is 5.33. The summed E-state index contributed by atoms with van der Waals surface area (Å²) in [5, 5.41) is 0. The van der Waals surface area contributed by atoms with Crippen molar-refractivity contribution in [3.8, 4) is 11.8 Å². The highest BCUT2D eigenvalue weighted by molar-refractivity contribution is 7.14. The van der Waals surface area contributed by atoms with E-state index >= 15 is 0 Å². The number of thiophene rings is 1. The van der Waals surface area contributed by atoms with Crippen LogP contribution in [0.1, 0.15) is 41.2 Å². The lowest BCUT2D eigenvalue weighted by Crippen LogP contribution is -2.31. The van der Waals surface area contributed by atoms with Crippen LogP contribution in [-0.4, -0.2) is 30.4 Å². The minimum Gasteiger partial charge on any atom is -0.338 e. The van der Waals surface area contributed by atoms with Gasteiger partial charge in [-0.3, -0.25) is 4.79 Å². The molecule has 0 bridgehead atoms. The molecular formula is C14H20N2OS. The van der Waals surface area contributed by atoms with Crippen molar-refractivity contribution in [1.29, 1.82) is 0 Å². The second kappa shape index (κ2) is 7.91. The van der Waals surface area contributed by atoms with E-state index in [-0.39, 0.29) is 5.91 Å². The first-order chi connectivity index (χ1) is 8.72. The molecule has 1 amide bonds. The summed E-state index contributed by atoms with van der Waals surface area (Å²) in [6.45, 7) is 6.15. The van der Waals surface area contributed by atoms with Gasteiger partial charge in [0.15, 0.2) is 0 Å². The first-order valence-corrected chi connectivity index (χ1v) is 7.12. The van der Waals surface area contributed by atoms with Gasteiger partial charge in [-0.25, -0.2) is 0 Å². The lowest BCUT2D eigenvalue weighted by molar-refractivity contribution is 0.0760. The molecule has 98 valence electrons.